The Morgan fingerprint density at radius 3 is 2.06 bits per heavy atom. The molecule has 0 heterocycles. The molecule has 0 radical (unpaired) electrons. The summed E-state index contributed by atoms with van der Waals surface area (Å²) in [5.74, 6) is 0.335. The van der Waals surface area contributed by atoms with E-state index in [1.165, 1.54) is 5.56 Å². The molecular formula is C15H25NO. The van der Waals surface area contributed by atoms with Crippen LogP contribution in [-0.2, 0) is 6.42 Å². The summed E-state index contributed by atoms with van der Waals surface area (Å²) in [7, 11) is 2.01. The summed E-state index contributed by atoms with van der Waals surface area (Å²) in [4.78, 5) is 0. The van der Waals surface area contributed by atoms with Gasteiger partial charge in [-0.3, -0.25) is 0 Å². The van der Waals surface area contributed by atoms with Gasteiger partial charge in [0.05, 0.1) is 0 Å². The number of aromatic hydroxyl groups is 1. The van der Waals surface area contributed by atoms with E-state index in [2.05, 4.69) is 33.0 Å². The van der Waals surface area contributed by atoms with Gasteiger partial charge in [-0.1, -0.05) is 26.0 Å². The van der Waals surface area contributed by atoms with Gasteiger partial charge in [0.25, 0.3) is 0 Å². The predicted molar refractivity (Wildman–Crippen MR) is 73.3 cm³/mol. The first-order valence-corrected chi connectivity index (χ1v) is 6.21. The van der Waals surface area contributed by atoms with Crippen molar-refractivity contribution in [1.29, 1.82) is 0 Å². The van der Waals surface area contributed by atoms with E-state index in [1.54, 1.807) is 12.1 Å². The predicted octanol–water partition coefficient (Wildman–Crippen LogP) is 3.35. The van der Waals surface area contributed by atoms with Crippen molar-refractivity contribution >= 4 is 0 Å². The molecule has 1 aromatic rings. The lowest BCUT2D eigenvalue weighted by Gasteiger charge is -2.35. The Morgan fingerprint density at radius 2 is 1.59 bits per heavy atom. The monoisotopic (exact) mass is 235 g/mol. The van der Waals surface area contributed by atoms with Gasteiger partial charge in [0.1, 0.15) is 5.75 Å². The molecule has 0 spiro atoms. The van der Waals surface area contributed by atoms with Gasteiger partial charge < -0.3 is 10.4 Å². The van der Waals surface area contributed by atoms with Crippen molar-refractivity contribution in [2.45, 2.75) is 46.1 Å². The fourth-order valence-corrected chi connectivity index (χ4v) is 2.51. The molecule has 17 heavy (non-hydrogen) atoms. The highest BCUT2D eigenvalue weighted by Gasteiger charge is 2.27. The fourth-order valence-electron chi connectivity index (χ4n) is 2.51. The minimum absolute atomic E-state index is 0.153. The summed E-state index contributed by atoms with van der Waals surface area (Å²) in [6.07, 6.45) is 2.13. The minimum atomic E-state index is 0.153. The van der Waals surface area contributed by atoms with Crippen LogP contribution in [0.2, 0.25) is 0 Å². The van der Waals surface area contributed by atoms with E-state index < -0.39 is 0 Å². The topological polar surface area (TPSA) is 32.3 Å². The molecule has 0 amide bonds. The molecule has 1 aromatic carbocycles. The molecule has 2 heteroatoms. The van der Waals surface area contributed by atoms with Crippen LogP contribution in [-0.4, -0.2) is 17.7 Å². The smallest absolute Gasteiger partial charge is 0.115 e. The molecule has 0 saturated heterocycles. The van der Waals surface area contributed by atoms with Gasteiger partial charge in [0.2, 0.25) is 0 Å². The molecule has 96 valence electrons. The molecule has 0 unspecified atom stereocenters. The number of phenols is 1. The second kappa shape index (κ2) is 5.09. The first-order chi connectivity index (χ1) is 7.74. The fraction of sp³-hybridized carbons (Fsp3) is 0.600. The van der Waals surface area contributed by atoms with Crippen molar-refractivity contribution in [3.63, 3.8) is 0 Å². The van der Waals surface area contributed by atoms with Crippen LogP contribution in [0.15, 0.2) is 24.3 Å². The number of hydrogen-bond acceptors (Lipinski definition) is 2. The van der Waals surface area contributed by atoms with Gasteiger partial charge in [-0.25, -0.2) is 0 Å². The second-order valence-electron chi connectivity index (χ2n) is 6.32. The first-order valence-electron chi connectivity index (χ1n) is 6.21. The quantitative estimate of drug-likeness (QED) is 0.820. The molecule has 0 aromatic heterocycles. The van der Waals surface area contributed by atoms with Crippen LogP contribution >= 0.6 is 0 Å². The maximum atomic E-state index is 9.27. The summed E-state index contributed by atoms with van der Waals surface area (Å²) in [5, 5.41) is 12.6. The van der Waals surface area contributed by atoms with Crippen LogP contribution in [0.4, 0.5) is 0 Å². The number of benzene rings is 1. The third-order valence-electron chi connectivity index (χ3n) is 3.22. The Bertz CT molecular complexity index is 352. The molecule has 0 fully saturated rings. The SMILES string of the molecule is CNC(C)(C)CC(C)(C)Cc1ccc(O)cc1. The van der Waals surface area contributed by atoms with Gasteiger partial charge in [0.15, 0.2) is 0 Å². The lowest BCUT2D eigenvalue weighted by atomic mass is 9.76. The second-order valence-corrected chi connectivity index (χ2v) is 6.32. The first kappa shape index (κ1) is 14.0. The van der Waals surface area contributed by atoms with Crippen LogP contribution in [0.3, 0.4) is 0 Å². The molecular weight excluding hydrogens is 210 g/mol. The molecule has 0 aliphatic rings. The number of nitrogens with one attached hydrogen (secondary N) is 1. The molecule has 0 atom stereocenters. The number of hydrogen-bond donors (Lipinski definition) is 2. The Morgan fingerprint density at radius 1 is 1.06 bits per heavy atom. The molecule has 2 N–H and O–H groups in total. The van der Waals surface area contributed by atoms with Crippen LogP contribution in [0.25, 0.3) is 0 Å². The maximum absolute atomic E-state index is 9.27. The largest absolute Gasteiger partial charge is 0.508 e. The van der Waals surface area contributed by atoms with E-state index in [4.69, 9.17) is 0 Å². The summed E-state index contributed by atoms with van der Waals surface area (Å²) in [5.41, 5.74) is 1.67. The van der Waals surface area contributed by atoms with E-state index in [9.17, 15) is 5.11 Å². The van der Waals surface area contributed by atoms with Gasteiger partial charge in [-0.15, -0.1) is 0 Å². The van der Waals surface area contributed by atoms with E-state index in [1.807, 2.05) is 19.2 Å². The zero-order valence-electron chi connectivity index (χ0n) is 11.7. The summed E-state index contributed by atoms with van der Waals surface area (Å²) in [6, 6.07) is 7.52. The van der Waals surface area contributed by atoms with Crippen LogP contribution < -0.4 is 5.32 Å². The lowest BCUT2D eigenvalue weighted by Crippen LogP contribution is -2.41. The van der Waals surface area contributed by atoms with Gasteiger partial charge in [-0.05, 0) is 56.8 Å². The Labute approximate surface area is 105 Å². The van der Waals surface area contributed by atoms with Crippen LogP contribution in [0.1, 0.15) is 39.7 Å². The normalized spacial score (nSPS) is 12.8. The number of phenolic OH excluding ortho intramolecular Hbond substituents is 1. The van der Waals surface area contributed by atoms with Crippen molar-refractivity contribution < 1.29 is 5.11 Å². The average molecular weight is 235 g/mol. The highest BCUT2D eigenvalue weighted by Crippen LogP contribution is 2.31. The zero-order chi connectivity index (χ0) is 13.1. The molecule has 0 bridgehead atoms. The Hall–Kier alpha value is -1.02. The van der Waals surface area contributed by atoms with Crippen LogP contribution in [0.5, 0.6) is 5.75 Å². The molecule has 0 aliphatic carbocycles. The molecule has 0 aliphatic heterocycles. The summed E-state index contributed by atoms with van der Waals surface area (Å²) >= 11 is 0. The highest BCUT2D eigenvalue weighted by atomic mass is 16.3. The standard InChI is InChI=1S/C15H25NO/c1-14(2,11-15(3,4)16-5)10-12-6-8-13(17)9-7-12/h6-9,16-17H,10-11H2,1-5H3. The maximum Gasteiger partial charge on any atom is 0.115 e. The third kappa shape index (κ3) is 4.78. The van der Waals surface area contributed by atoms with E-state index in [0.717, 1.165) is 12.8 Å². The summed E-state index contributed by atoms with van der Waals surface area (Å²) in [6.45, 7) is 9.04. The van der Waals surface area contributed by atoms with Crippen molar-refractivity contribution in [1.82, 2.24) is 5.32 Å². The summed E-state index contributed by atoms with van der Waals surface area (Å²) < 4.78 is 0. The van der Waals surface area contributed by atoms with Crippen LogP contribution in [0, 0.1) is 5.41 Å². The third-order valence-corrected chi connectivity index (χ3v) is 3.22. The van der Waals surface area contributed by atoms with Crippen molar-refractivity contribution in [2.24, 2.45) is 5.41 Å². The van der Waals surface area contributed by atoms with Gasteiger partial charge in [0, 0.05) is 5.54 Å². The lowest BCUT2D eigenvalue weighted by molar-refractivity contribution is 0.230. The van der Waals surface area contributed by atoms with Crippen molar-refractivity contribution in [3.05, 3.63) is 29.8 Å². The van der Waals surface area contributed by atoms with E-state index in [-0.39, 0.29) is 11.0 Å². The van der Waals surface area contributed by atoms with E-state index in [0.29, 0.717) is 5.75 Å². The van der Waals surface area contributed by atoms with E-state index >= 15 is 0 Å². The number of rotatable bonds is 5. The zero-order valence-corrected chi connectivity index (χ0v) is 11.7. The van der Waals surface area contributed by atoms with Gasteiger partial charge in [-0.2, -0.15) is 0 Å². The average Bonchev–Trinajstić information content (AvgIpc) is 2.20. The molecule has 2 nitrogen and oxygen atoms in total. The highest BCUT2D eigenvalue weighted by molar-refractivity contribution is 5.26. The molecule has 1 rings (SSSR count). The molecule has 0 saturated carbocycles. The van der Waals surface area contributed by atoms with Gasteiger partial charge >= 0.3 is 0 Å². The Balaban J connectivity index is 2.69. The minimum Gasteiger partial charge on any atom is -0.508 e. The Kier molecular flexibility index (Phi) is 4.21. The van der Waals surface area contributed by atoms with Crippen molar-refractivity contribution in [3.8, 4) is 5.75 Å². The van der Waals surface area contributed by atoms with Crippen molar-refractivity contribution in [2.75, 3.05) is 7.05 Å².